The monoisotopic (exact) mass is 550 g/mol. The third-order valence-corrected chi connectivity index (χ3v) is 7.41. The molecule has 0 aliphatic carbocycles. The first kappa shape index (κ1) is 26.0. The number of imidazole rings is 1. The van der Waals surface area contributed by atoms with E-state index in [4.69, 9.17) is 28.2 Å². The van der Waals surface area contributed by atoms with Gasteiger partial charge in [-0.05, 0) is 76.1 Å². The molecule has 1 atom stereocenters. The van der Waals surface area contributed by atoms with Crippen LogP contribution < -0.4 is 10.9 Å². The van der Waals surface area contributed by atoms with Crippen LogP contribution in [-0.2, 0) is 13.0 Å². The maximum absolute atomic E-state index is 14.0. The Bertz CT molecular complexity index is 1580. The summed E-state index contributed by atoms with van der Waals surface area (Å²) in [5.74, 6) is 1.01. The molecule has 38 heavy (non-hydrogen) atoms. The fraction of sp³-hybridized carbons (Fsp3) is 0.286. The van der Waals surface area contributed by atoms with Crippen LogP contribution in [-0.4, -0.2) is 42.4 Å². The summed E-state index contributed by atoms with van der Waals surface area (Å²) in [4.78, 5) is 41.4. The number of aromatic nitrogens is 4. The van der Waals surface area contributed by atoms with E-state index < -0.39 is 0 Å². The van der Waals surface area contributed by atoms with Crippen molar-refractivity contribution in [3.63, 3.8) is 0 Å². The number of nitrogens with one attached hydrogen (secondary N) is 2. The fourth-order valence-corrected chi connectivity index (χ4v) is 5.08. The van der Waals surface area contributed by atoms with Gasteiger partial charge in [-0.3, -0.25) is 9.59 Å². The van der Waals surface area contributed by atoms with Crippen molar-refractivity contribution in [3.8, 4) is 17.1 Å². The van der Waals surface area contributed by atoms with Crippen molar-refractivity contribution in [1.29, 1.82) is 0 Å². The minimum Gasteiger partial charge on any atom is -0.353 e. The molecule has 1 aliphatic rings. The average Bonchev–Trinajstić information content (AvgIpc) is 3.41. The van der Waals surface area contributed by atoms with E-state index >= 15 is 0 Å². The van der Waals surface area contributed by atoms with Crippen LogP contribution in [0.5, 0.6) is 0 Å². The lowest BCUT2D eigenvalue weighted by Crippen LogP contribution is -2.46. The third-order valence-electron chi connectivity index (χ3n) is 6.67. The molecule has 1 aliphatic heterocycles. The number of benzene rings is 2. The van der Waals surface area contributed by atoms with Gasteiger partial charge in [0.2, 0.25) is 5.95 Å². The zero-order valence-electron chi connectivity index (χ0n) is 21.5. The SMILES string of the molecule is Cc1cc(-c2ncc[nH]2)ccc1-n1c(NC(C)C)nc2c(c1=O)C[C@@H](C)N(C(=O)c1ccc(Cl)c(Cl)c1)C2. The Balaban J connectivity index is 1.57. The van der Waals surface area contributed by atoms with Gasteiger partial charge in [0, 0.05) is 41.2 Å². The molecule has 10 heteroatoms. The third kappa shape index (κ3) is 4.81. The van der Waals surface area contributed by atoms with Crippen molar-refractivity contribution in [2.24, 2.45) is 0 Å². The molecule has 0 spiro atoms. The predicted octanol–water partition coefficient (Wildman–Crippen LogP) is 5.65. The standard InChI is InChI=1S/C28H28Cl2N6O2/c1-15(2)33-28-34-23-14-35(26(37)19-5-7-21(29)22(30)13-19)17(4)12-20(23)27(38)36(28)24-8-6-18(11-16(24)3)25-31-9-10-32-25/h5-11,13,15,17H,12,14H2,1-4H3,(H,31,32)(H,33,34)/t17-/m1/s1. The van der Waals surface area contributed by atoms with E-state index in [-0.39, 0.29) is 30.1 Å². The Kier molecular flexibility index (Phi) is 7.03. The van der Waals surface area contributed by atoms with Crippen molar-refractivity contribution < 1.29 is 4.79 Å². The molecule has 2 aromatic carbocycles. The summed E-state index contributed by atoms with van der Waals surface area (Å²) in [7, 11) is 0. The van der Waals surface area contributed by atoms with Crippen molar-refractivity contribution in [3.05, 3.63) is 91.6 Å². The number of carbonyl (C=O) groups excluding carboxylic acids is 1. The Labute approximate surface area is 230 Å². The number of aromatic amines is 1. The summed E-state index contributed by atoms with van der Waals surface area (Å²) < 4.78 is 1.64. The van der Waals surface area contributed by atoms with E-state index in [0.29, 0.717) is 39.2 Å². The van der Waals surface area contributed by atoms with Gasteiger partial charge in [0.05, 0.1) is 28.0 Å². The van der Waals surface area contributed by atoms with Gasteiger partial charge < -0.3 is 15.2 Å². The van der Waals surface area contributed by atoms with Gasteiger partial charge in [-0.15, -0.1) is 0 Å². The molecule has 3 heterocycles. The van der Waals surface area contributed by atoms with Gasteiger partial charge in [0.25, 0.3) is 11.5 Å². The lowest BCUT2D eigenvalue weighted by molar-refractivity contribution is 0.0653. The topological polar surface area (TPSA) is 95.9 Å². The van der Waals surface area contributed by atoms with Gasteiger partial charge in [0.1, 0.15) is 5.82 Å². The van der Waals surface area contributed by atoms with E-state index in [0.717, 1.165) is 22.6 Å². The number of H-pyrrole nitrogens is 1. The molecule has 0 bridgehead atoms. The zero-order valence-corrected chi connectivity index (χ0v) is 23.1. The van der Waals surface area contributed by atoms with Gasteiger partial charge in [-0.2, -0.15) is 0 Å². The van der Waals surface area contributed by atoms with E-state index in [1.165, 1.54) is 0 Å². The summed E-state index contributed by atoms with van der Waals surface area (Å²) in [5, 5.41) is 4.04. The molecule has 0 saturated carbocycles. The number of amides is 1. The smallest absolute Gasteiger partial charge is 0.263 e. The molecule has 2 aromatic heterocycles. The minimum absolute atomic E-state index is 0.0327. The highest BCUT2D eigenvalue weighted by molar-refractivity contribution is 6.42. The molecular weight excluding hydrogens is 523 g/mol. The molecule has 0 fully saturated rings. The second kappa shape index (κ2) is 10.3. The van der Waals surface area contributed by atoms with E-state index in [9.17, 15) is 9.59 Å². The number of carbonyl (C=O) groups is 1. The molecule has 196 valence electrons. The van der Waals surface area contributed by atoms with Crippen molar-refractivity contribution >= 4 is 35.1 Å². The quantitative estimate of drug-likeness (QED) is 0.335. The Morgan fingerprint density at radius 2 is 1.95 bits per heavy atom. The van der Waals surface area contributed by atoms with Crippen LogP contribution >= 0.6 is 23.2 Å². The van der Waals surface area contributed by atoms with Gasteiger partial charge in [-0.25, -0.2) is 14.5 Å². The van der Waals surface area contributed by atoms with Crippen LogP contribution in [0.4, 0.5) is 5.95 Å². The molecule has 0 unspecified atom stereocenters. The number of aryl methyl sites for hydroxylation is 1. The summed E-state index contributed by atoms with van der Waals surface area (Å²) >= 11 is 12.2. The fourth-order valence-electron chi connectivity index (χ4n) is 4.78. The highest BCUT2D eigenvalue weighted by atomic mass is 35.5. The van der Waals surface area contributed by atoms with Crippen LogP contribution in [0.2, 0.25) is 10.0 Å². The molecule has 2 N–H and O–H groups in total. The van der Waals surface area contributed by atoms with E-state index in [1.807, 2.05) is 45.9 Å². The lowest BCUT2D eigenvalue weighted by Gasteiger charge is -2.35. The van der Waals surface area contributed by atoms with Gasteiger partial charge >= 0.3 is 0 Å². The van der Waals surface area contributed by atoms with Crippen LogP contribution in [0.1, 0.15) is 48.0 Å². The van der Waals surface area contributed by atoms with E-state index in [1.54, 1.807) is 40.1 Å². The molecule has 8 nitrogen and oxygen atoms in total. The molecule has 5 rings (SSSR count). The first-order valence-corrected chi connectivity index (χ1v) is 13.2. The lowest BCUT2D eigenvalue weighted by atomic mass is 9.98. The number of halogens is 2. The first-order chi connectivity index (χ1) is 18.1. The normalized spacial score (nSPS) is 15.0. The van der Waals surface area contributed by atoms with E-state index in [2.05, 4.69) is 15.3 Å². The summed E-state index contributed by atoms with van der Waals surface area (Å²) in [6, 6.07) is 10.5. The zero-order chi connectivity index (χ0) is 27.1. The second-order valence-corrected chi connectivity index (χ2v) is 10.7. The Hall–Kier alpha value is -3.62. The minimum atomic E-state index is -0.210. The number of rotatable bonds is 5. The van der Waals surface area contributed by atoms with Gasteiger partial charge in [0.15, 0.2) is 0 Å². The van der Waals surface area contributed by atoms with Gasteiger partial charge in [-0.1, -0.05) is 23.2 Å². The highest BCUT2D eigenvalue weighted by Gasteiger charge is 2.32. The molecule has 0 radical (unpaired) electrons. The highest BCUT2D eigenvalue weighted by Crippen LogP contribution is 2.29. The Morgan fingerprint density at radius 1 is 1.16 bits per heavy atom. The van der Waals surface area contributed by atoms with Crippen molar-refractivity contribution in [2.75, 3.05) is 5.32 Å². The molecule has 4 aromatic rings. The predicted molar refractivity (Wildman–Crippen MR) is 150 cm³/mol. The second-order valence-electron chi connectivity index (χ2n) is 9.85. The maximum Gasteiger partial charge on any atom is 0.263 e. The molecule has 0 saturated heterocycles. The first-order valence-electron chi connectivity index (χ1n) is 12.4. The number of fused-ring (bicyclic) bond motifs is 1. The van der Waals surface area contributed by atoms with Crippen LogP contribution in [0.25, 0.3) is 17.1 Å². The van der Waals surface area contributed by atoms with Crippen LogP contribution in [0, 0.1) is 6.92 Å². The Morgan fingerprint density at radius 3 is 2.61 bits per heavy atom. The van der Waals surface area contributed by atoms with Crippen molar-refractivity contribution in [1.82, 2.24) is 24.4 Å². The molecular formula is C28H28Cl2N6O2. The van der Waals surface area contributed by atoms with Crippen LogP contribution in [0.15, 0.2) is 53.6 Å². The average molecular weight is 551 g/mol. The largest absolute Gasteiger partial charge is 0.353 e. The van der Waals surface area contributed by atoms with Crippen molar-refractivity contribution in [2.45, 2.75) is 52.7 Å². The number of hydrogen-bond acceptors (Lipinski definition) is 5. The van der Waals surface area contributed by atoms with Crippen LogP contribution in [0.3, 0.4) is 0 Å². The summed E-state index contributed by atoms with van der Waals surface area (Å²) in [6.07, 6.45) is 3.87. The number of nitrogens with zero attached hydrogens (tertiary/aromatic N) is 4. The summed E-state index contributed by atoms with van der Waals surface area (Å²) in [6.45, 7) is 8.10. The number of hydrogen-bond donors (Lipinski definition) is 2. The summed E-state index contributed by atoms with van der Waals surface area (Å²) in [5.41, 5.74) is 4.08. The number of anilines is 1. The maximum atomic E-state index is 14.0. The molecule has 1 amide bonds.